The van der Waals surface area contributed by atoms with Crippen LogP contribution in [0.15, 0.2) is 47.5 Å². The molecule has 0 radical (unpaired) electrons. The summed E-state index contributed by atoms with van der Waals surface area (Å²) in [4.78, 5) is 16.6. The number of thioether (sulfide) groups is 1. The van der Waals surface area contributed by atoms with Crippen molar-refractivity contribution in [2.75, 3.05) is 5.32 Å². The fourth-order valence-corrected chi connectivity index (χ4v) is 1.86. The minimum atomic E-state index is -0.259. The van der Waals surface area contributed by atoms with Gasteiger partial charge in [0, 0.05) is 16.8 Å². The highest BCUT2D eigenvalue weighted by Crippen LogP contribution is 2.19. The summed E-state index contributed by atoms with van der Waals surface area (Å²) in [5.74, 6) is -0.259. The smallest absolute Gasteiger partial charge is 0.257 e. The molecule has 0 aliphatic heterocycles. The van der Waals surface area contributed by atoms with E-state index < -0.39 is 0 Å². The van der Waals surface area contributed by atoms with Gasteiger partial charge in [-0.15, -0.1) is 0 Å². The molecule has 0 saturated heterocycles. The fraction of sp³-hybridized carbons (Fsp3) is 0. The van der Waals surface area contributed by atoms with Crippen molar-refractivity contribution in [3.05, 3.63) is 53.3 Å². The normalized spacial score (nSPS) is 9.68. The Balaban J connectivity index is 2.06. The van der Waals surface area contributed by atoms with E-state index in [9.17, 15) is 4.79 Å². The van der Waals surface area contributed by atoms with Crippen LogP contribution >= 0.6 is 23.4 Å². The lowest BCUT2D eigenvalue weighted by Crippen LogP contribution is -2.11. The quantitative estimate of drug-likeness (QED) is 0.533. The SMILES string of the molecule is N#CSc1ccc(NC(=O)c2ccc(Cl)nc2)cc1. The van der Waals surface area contributed by atoms with Crippen LogP contribution in [0.4, 0.5) is 5.69 Å². The zero-order valence-corrected chi connectivity index (χ0v) is 11.2. The third kappa shape index (κ3) is 3.71. The number of anilines is 1. The van der Waals surface area contributed by atoms with E-state index in [1.54, 1.807) is 36.4 Å². The summed E-state index contributed by atoms with van der Waals surface area (Å²) in [5.41, 5.74) is 1.09. The van der Waals surface area contributed by atoms with E-state index >= 15 is 0 Å². The molecular formula is C13H8ClN3OS. The molecule has 94 valence electrons. The third-order valence-electron chi connectivity index (χ3n) is 2.27. The molecule has 2 rings (SSSR count). The zero-order chi connectivity index (χ0) is 13.7. The first-order valence-corrected chi connectivity index (χ1v) is 6.47. The summed E-state index contributed by atoms with van der Waals surface area (Å²) in [6.45, 7) is 0. The highest BCUT2D eigenvalue weighted by Gasteiger charge is 2.06. The number of benzene rings is 1. The molecule has 1 N–H and O–H groups in total. The number of carbonyl (C=O) groups is 1. The second kappa shape index (κ2) is 6.23. The number of carbonyl (C=O) groups excluding carboxylic acids is 1. The van der Waals surface area contributed by atoms with Gasteiger partial charge in [0.15, 0.2) is 0 Å². The van der Waals surface area contributed by atoms with Gasteiger partial charge in [-0.2, -0.15) is 5.26 Å². The fourth-order valence-electron chi connectivity index (χ4n) is 1.37. The van der Waals surface area contributed by atoms with Crippen molar-refractivity contribution >= 4 is 35.0 Å². The number of nitrogens with zero attached hydrogens (tertiary/aromatic N) is 2. The summed E-state index contributed by atoms with van der Waals surface area (Å²) < 4.78 is 0. The summed E-state index contributed by atoms with van der Waals surface area (Å²) in [6, 6.07) is 10.2. The Morgan fingerprint density at radius 3 is 2.58 bits per heavy atom. The monoisotopic (exact) mass is 289 g/mol. The Morgan fingerprint density at radius 2 is 2.00 bits per heavy atom. The number of nitrogens with one attached hydrogen (secondary N) is 1. The number of thiocyanates is 1. The van der Waals surface area contributed by atoms with E-state index in [0.717, 1.165) is 16.7 Å². The standard InChI is InChI=1S/C13H8ClN3OS/c14-12-6-1-9(7-16-12)13(18)17-10-2-4-11(5-3-10)19-8-15/h1-7H,(H,17,18). The zero-order valence-electron chi connectivity index (χ0n) is 9.63. The molecule has 0 saturated carbocycles. The number of hydrogen-bond acceptors (Lipinski definition) is 4. The molecule has 6 heteroatoms. The van der Waals surface area contributed by atoms with Crippen LogP contribution < -0.4 is 5.32 Å². The largest absolute Gasteiger partial charge is 0.322 e. The van der Waals surface area contributed by atoms with Crippen LogP contribution in [0.25, 0.3) is 0 Å². The molecule has 0 aliphatic rings. The summed E-state index contributed by atoms with van der Waals surface area (Å²) in [5, 5.41) is 13.6. The molecule has 0 atom stereocenters. The van der Waals surface area contributed by atoms with Gasteiger partial charge >= 0.3 is 0 Å². The predicted molar refractivity (Wildman–Crippen MR) is 75.1 cm³/mol. The van der Waals surface area contributed by atoms with Crippen molar-refractivity contribution < 1.29 is 4.79 Å². The van der Waals surface area contributed by atoms with Gasteiger partial charge in [-0.25, -0.2) is 4.98 Å². The van der Waals surface area contributed by atoms with E-state index in [4.69, 9.17) is 16.9 Å². The molecule has 0 aliphatic carbocycles. The topological polar surface area (TPSA) is 65.8 Å². The first-order chi connectivity index (χ1) is 9.19. The van der Waals surface area contributed by atoms with Gasteiger partial charge < -0.3 is 5.32 Å². The minimum absolute atomic E-state index is 0.259. The molecule has 1 aromatic carbocycles. The van der Waals surface area contributed by atoms with Crippen LogP contribution in [0.3, 0.4) is 0 Å². The highest BCUT2D eigenvalue weighted by atomic mass is 35.5. The highest BCUT2D eigenvalue weighted by molar-refractivity contribution is 8.03. The number of nitriles is 1. The van der Waals surface area contributed by atoms with Crippen LogP contribution in [0, 0.1) is 10.7 Å². The van der Waals surface area contributed by atoms with E-state index in [1.165, 1.54) is 6.20 Å². The van der Waals surface area contributed by atoms with Crippen LogP contribution in [0.5, 0.6) is 0 Å². The summed E-state index contributed by atoms with van der Waals surface area (Å²) in [6.07, 6.45) is 1.41. The first-order valence-electron chi connectivity index (χ1n) is 5.28. The van der Waals surface area contributed by atoms with Crippen molar-refractivity contribution in [1.29, 1.82) is 5.26 Å². The molecule has 1 heterocycles. The molecule has 0 unspecified atom stereocenters. The van der Waals surface area contributed by atoms with Gasteiger partial charge in [-0.05, 0) is 48.2 Å². The number of hydrogen-bond donors (Lipinski definition) is 1. The van der Waals surface area contributed by atoms with Crippen molar-refractivity contribution in [1.82, 2.24) is 4.98 Å². The van der Waals surface area contributed by atoms with Crippen LogP contribution in [-0.2, 0) is 0 Å². The van der Waals surface area contributed by atoms with Gasteiger partial charge in [0.1, 0.15) is 10.6 Å². The van der Waals surface area contributed by atoms with E-state index in [-0.39, 0.29) is 5.91 Å². The summed E-state index contributed by atoms with van der Waals surface area (Å²) in [7, 11) is 0. The lowest BCUT2D eigenvalue weighted by atomic mass is 10.2. The number of pyridine rings is 1. The number of halogens is 1. The molecule has 2 aromatic rings. The molecule has 0 fully saturated rings. The lowest BCUT2D eigenvalue weighted by molar-refractivity contribution is 0.102. The van der Waals surface area contributed by atoms with Crippen LogP contribution in [-0.4, -0.2) is 10.9 Å². The molecule has 0 bridgehead atoms. The van der Waals surface area contributed by atoms with Gasteiger partial charge in [0.25, 0.3) is 5.91 Å². The maximum absolute atomic E-state index is 11.9. The lowest BCUT2D eigenvalue weighted by Gasteiger charge is -2.05. The second-order valence-corrected chi connectivity index (χ2v) is 4.79. The maximum Gasteiger partial charge on any atom is 0.257 e. The number of aromatic nitrogens is 1. The molecule has 1 aromatic heterocycles. The van der Waals surface area contributed by atoms with Crippen LogP contribution in [0.2, 0.25) is 5.15 Å². The Hall–Kier alpha value is -2.03. The minimum Gasteiger partial charge on any atom is -0.322 e. The molecule has 0 spiro atoms. The summed E-state index contributed by atoms with van der Waals surface area (Å²) >= 11 is 6.72. The van der Waals surface area contributed by atoms with Gasteiger partial charge in [0.2, 0.25) is 0 Å². The van der Waals surface area contributed by atoms with Crippen molar-refractivity contribution in [2.24, 2.45) is 0 Å². The number of rotatable bonds is 3. The third-order valence-corrected chi connectivity index (χ3v) is 3.09. The molecule has 4 nitrogen and oxygen atoms in total. The van der Waals surface area contributed by atoms with Gasteiger partial charge in [0.05, 0.1) is 5.56 Å². The molecular weight excluding hydrogens is 282 g/mol. The van der Waals surface area contributed by atoms with Crippen molar-refractivity contribution in [2.45, 2.75) is 4.90 Å². The second-order valence-electron chi connectivity index (χ2n) is 3.54. The maximum atomic E-state index is 11.9. The molecule has 1 amide bonds. The van der Waals surface area contributed by atoms with E-state index in [2.05, 4.69) is 10.3 Å². The van der Waals surface area contributed by atoms with Crippen molar-refractivity contribution in [3.8, 4) is 5.40 Å². The van der Waals surface area contributed by atoms with E-state index in [0.29, 0.717) is 16.4 Å². The predicted octanol–water partition coefficient (Wildman–Crippen LogP) is 3.56. The Bertz CT molecular complexity index is 620. The first kappa shape index (κ1) is 13.4. The average molecular weight is 290 g/mol. The molecule has 19 heavy (non-hydrogen) atoms. The van der Waals surface area contributed by atoms with Gasteiger partial charge in [-0.3, -0.25) is 4.79 Å². The van der Waals surface area contributed by atoms with Gasteiger partial charge in [-0.1, -0.05) is 11.6 Å². The average Bonchev–Trinajstić information content (AvgIpc) is 2.42. The number of amides is 1. The Labute approximate surface area is 119 Å². The van der Waals surface area contributed by atoms with E-state index in [1.807, 2.05) is 5.40 Å². The Morgan fingerprint density at radius 1 is 1.26 bits per heavy atom. The Kier molecular flexibility index (Phi) is 4.39. The van der Waals surface area contributed by atoms with Crippen LogP contribution in [0.1, 0.15) is 10.4 Å². The van der Waals surface area contributed by atoms with Crippen molar-refractivity contribution in [3.63, 3.8) is 0 Å².